The Labute approximate surface area is 104 Å². The van der Waals surface area contributed by atoms with Crippen LogP contribution in [0.1, 0.15) is 0 Å². The van der Waals surface area contributed by atoms with Gasteiger partial charge in [-0.3, -0.25) is 0 Å². The number of hydrogen-bond acceptors (Lipinski definition) is 4. The summed E-state index contributed by atoms with van der Waals surface area (Å²) >= 11 is 5.70. The molecule has 0 aliphatic rings. The number of hydrogen-bond donors (Lipinski definition) is 0. The van der Waals surface area contributed by atoms with Gasteiger partial charge >= 0.3 is 0 Å². The van der Waals surface area contributed by atoms with Crippen LogP contribution in [0.3, 0.4) is 0 Å². The Bertz CT molecular complexity index is 514. The van der Waals surface area contributed by atoms with E-state index in [2.05, 4.69) is 10.2 Å². The van der Waals surface area contributed by atoms with E-state index in [9.17, 15) is 0 Å². The molecule has 0 atom stereocenters. The van der Waals surface area contributed by atoms with Crippen LogP contribution in [0.5, 0.6) is 11.5 Å². The Hall–Kier alpha value is -1.81. The normalized spacial score (nSPS) is 10.1. The monoisotopic (exact) mass is 250 g/mol. The molecule has 88 valence electrons. The third-order valence-corrected chi connectivity index (χ3v) is 2.51. The van der Waals surface area contributed by atoms with Crippen LogP contribution < -0.4 is 9.47 Å². The molecule has 0 saturated heterocycles. The highest BCUT2D eigenvalue weighted by Crippen LogP contribution is 2.36. The second kappa shape index (κ2) is 5.01. The summed E-state index contributed by atoms with van der Waals surface area (Å²) in [5, 5.41) is 8.18. The van der Waals surface area contributed by atoms with Crippen molar-refractivity contribution in [1.29, 1.82) is 0 Å². The quantitative estimate of drug-likeness (QED) is 0.840. The Balaban J connectivity index is 2.54. The molecule has 0 saturated carbocycles. The van der Waals surface area contributed by atoms with Gasteiger partial charge in [0.15, 0.2) is 16.7 Å². The van der Waals surface area contributed by atoms with Crippen molar-refractivity contribution in [3.63, 3.8) is 0 Å². The fourth-order valence-electron chi connectivity index (χ4n) is 1.55. The van der Waals surface area contributed by atoms with Crippen molar-refractivity contribution in [3.05, 3.63) is 35.5 Å². The van der Waals surface area contributed by atoms with Crippen LogP contribution in [0, 0.1) is 0 Å². The highest BCUT2D eigenvalue weighted by atomic mass is 35.5. The van der Waals surface area contributed by atoms with Crippen molar-refractivity contribution >= 4 is 11.6 Å². The molecule has 0 amide bonds. The molecule has 0 spiro atoms. The zero-order valence-electron chi connectivity index (χ0n) is 9.48. The summed E-state index contributed by atoms with van der Waals surface area (Å²) in [5.74, 6) is 1.29. The molecule has 0 aliphatic carbocycles. The minimum absolute atomic E-state index is 0.357. The Morgan fingerprint density at radius 1 is 1.00 bits per heavy atom. The fourth-order valence-corrected chi connectivity index (χ4v) is 1.65. The van der Waals surface area contributed by atoms with E-state index in [1.54, 1.807) is 26.4 Å². The van der Waals surface area contributed by atoms with Crippen LogP contribution in [0.25, 0.3) is 11.3 Å². The topological polar surface area (TPSA) is 44.2 Å². The van der Waals surface area contributed by atoms with Crippen LogP contribution >= 0.6 is 11.6 Å². The Morgan fingerprint density at radius 2 is 1.82 bits per heavy atom. The molecule has 0 unspecified atom stereocenters. The third-order valence-electron chi connectivity index (χ3n) is 2.31. The zero-order valence-corrected chi connectivity index (χ0v) is 10.2. The van der Waals surface area contributed by atoms with E-state index in [-0.39, 0.29) is 0 Å². The van der Waals surface area contributed by atoms with Crippen LogP contribution in [0.4, 0.5) is 0 Å². The molecule has 1 heterocycles. The number of para-hydroxylation sites is 1. The zero-order chi connectivity index (χ0) is 12.3. The van der Waals surface area contributed by atoms with Gasteiger partial charge in [0.05, 0.1) is 19.9 Å². The Morgan fingerprint density at radius 3 is 2.41 bits per heavy atom. The number of nitrogens with zero attached hydrogens (tertiary/aromatic N) is 2. The van der Waals surface area contributed by atoms with E-state index < -0.39 is 0 Å². The SMILES string of the molecule is COc1cccc(-c2ccc(Cl)nn2)c1OC. The summed E-state index contributed by atoms with van der Waals surface area (Å²) < 4.78 is 10.5. The third kappa shape index (κ3) is 2.31. The largest absolute Gasteiger partial charge is 0.493 e. The lowest BCUT2D eigenvalue weighted by molar-refractivity contribution is 0.356. The molecule has 1 aromatic heterocycles. The highest BCUT2D eigenvalue weighted by Gasteiger charge is 2.12. The van der Waals surface area contributed by atoms with Gasteiger partial charge in [-0.1, -0.05) is 17.7 Å². The maximum Gasteiger partial charge on any atom is 0.170 e. The first kappa shape index (κ1) is 11.7. The molecular weight excluding hydrogens is 240 g/mol. The van der Waals surface area contributed by atoms with E-state index in [0.717, 1.165) is 5.56 Å². The molecule has 4 nitrogen and oxygen atoms in total. The molecule has 0 N–H and O–H groups in total. The summed E-state index contributed by atoms with van der Waals surface area (Å²) in [7, 11) is 3.18. The number of methoxy groups -OCH3 is 2. The van der Waals surface area contributed by atoms with E-state index in [4.69, 9.17) is 21.1 Å². The molecule has 5 heteroatoms. The van der Waals surface area contributed by atoms with Crippen molar-refractivity contribution < 1.29 is 9.47 Å². The summed E-state index contributed by atoms with van der Waals surface area (Å²) in [6.45, 7) is 0. The lowest BCUT2D eigenvalue weighted by Crippen LogP contribution is -1.95. The predicted molar refractivity (Wildman–Crippen MR) is 65.6 cm³/mol. The smallest absolute Gasteiger partial charge is 0.170 e. The van der Waals surface area contributed by atoms with Crippen LogP contribution in [0.15, 0.2) is 30.3 Å². The van der Waals surface area contributed by atoms with Gasteiger partial charge in [-0.15, -0.1) is 10.2 Å². The molecule has 2 rings (SSSR count). The second-order valence-corrected chi connectivity index (χ2v) is 3.67. The summed E-state index contributed by atoms with van der Waals surface area (Å²) in [5.41, 5.74) is 1.50. The average Bonchev–Trinajstić information content (AvgIpc) is 2.38. The average molecular weight is 251 g/mol. The van der Waals surface area contributed by atoms with Gasteiger partial charge in [0.2, 0.25) is 0 Å². The maximum absolute atomic E-state index is 5.70. The number of ether oxygens (including phenoxy) is 2. The summed E-state index contributed by atoms with van der Waals surface area (Å²) in [6.07, 6.45) is 0. The number of aromatic nitrogens is 2. The van der Waals surface area contributed by atoms with Crippen molar-refractivity contribution in [2.45, 2.75) is 0 Å². The van der Waals surface area contributed by atoms with Gasteiger partial charge in [-0.2, -0.15) is 0 Å². The van der Waals surface area contributed by atoms with Crippen molar-refractivity contribution in [3.8, 4) is 22.8 Å². The fraction of sp³-hybridized carbons (Fsp3) is 0.167. The molecular formula is C12H11ClN2O2. The first-order chi connectivity index (χ1) is 8.26. The van der Waals surface area contributed by atoms with Gasteiger partial charge in [-0.05, 0) is 24.3 Å². The maximum atomic E-state index is 5.70. The van der Waals surface area contributed by atoms with Crippen molar-refractivity contribution in [1.82, 2.24) is 10.2 Å². The van der Waals surface area contributed by atoms with Gasteiger partial charge in [0, 0.05) is 5.56 Å². The molecule has 17 heavy (non-hydrogen) atoms. The highest BCUT2D eigenvalue weighted by molar-refractivity contribution is 6.29. The minimum atomic E-state index is 0.357. The molecule has 1 aromatic carbocycles. The molecule has 0 fully saturated rings. The number of benzene rings is 1. The predicted octanol–water partition coefficient (Wildman–Crippen LogP) is 2.81. The molecule has 2 aromatic rings. The first-order valence-corrected chi connectivity index (χ1v) is 5.34. The summed E-state index contributed by atoms with van der Waals surface area (Å²) in [6, 6.07) is 9.05. The lowest BCUT2D eigenvalue weighted by Gasteiger charge is -2.11. The van der Waals surface area contributed by atoms with E-state index >= 15 is 0 Å². The van der Waals surface area contributed by atoms with E-state index in [1.165, 1.54) is 0 Å². The molecule has 0 aliphatic heterocycles. The lowest BCUT2D eigenvalue weighted by atomic mass is 10.1. The van der Waals surface area contributed by atoms with E-state index in [0.29, 0.717) is 22.3 Å². The standard InChI is InChI=1S/C12H11ClN2O2/c1-16-10-5-3-4-8(12(10)17-2)9-6-7-11(13)15-14-9/h3-7H,1-2H3. The Kier molecular flexibility index (Phi) is 3.44. The van der Waals surface area contributed by atoms with Gasteiger partial charge < -0.3 is 9.47 Å². The van der Waals surface area contributed by atoms with Crippen molar-refractivity contribution in [2.24, 2.45) is 0 Å². The first-order valence-electron chi connectivity index (χ1n) is 4.97. The van der Waals surface area contributed by atoms with Crippen LogP contribution in [-0.2, 0) is 0 Å². The number of rotatable bonds is 3. The summed E-state index contributed by atoms with van der Waals surface area (Å²) in [4.78, 5) is 0. The minimum Gasteiger partial charge on any atom is -0.493 e. The van der Waals surface area contributed by atoms with Gasteiger partial charge in [0.25, 0.3) is 0 Å². The number of halogens is 1. The van der Waals surface area contributed by atoms with Crippen LogP contribution in [-0.4, -0.2) is 24.4 Å². The van der Waals surface area contributed by atoms with Crippen molar-refractivity contribution in [2.75, 3.05) is 14.2 Å². The van der Waals surface area contributed by atoms with Gasteiger partial charge in [0.1, 0.15) is 0 Å². The van der Waals surface area contributed by atoms with Gasteiger partial charge in [-0.25, -0.2) is 0 Å². The van der Waals surface area contributed by atoms with E-state index in [1.807, 2.05) is 18.2 Å². The van der Waals surface area contributed by atoms with Crippen LogP contribution in [0.2, 0.25) is 5.15 Å². The second-order valence-electron chi connectivity index (χ2n) is 3.28. The molecule has 0 radical (unpaired) electrons. The molecule has 0 bridgehead atoms.